The van der Waals surface area contributed by atoms with Gasteiger partial charge in [-0.2, -0.15) is 5.10 Å². The van der Waals surface area contributed by atoms with E-state index in [1.807, 2.05) is 30.3 Å². The molecule has 0 bridgehead atoms. The van der Waals surface area contributed by atoms with Crippen LogP contribution in [0.15, 0.2) is 30.9 Å². The van der Waals surface area contributed by atoms with Crippen molar-refractivity contribution in [3.8, 4) is 0 Å². The second kappa shape index (κ2) is 6.48. The van der Waals surface area contributed by atoms with E-state index in [4.69, 9.17) is 0 Å². The second-order valence-electron chi connectivity index (χ2n) is 4.68. The Morgan fingerprint density at radius 1 is 1.32 bits per heavy atom. The van der Waals surface area contributed by atoms with Crippen LogP contribution in [0.4, 0.5) is 0 Å². The van der Waals surface area contributed by atoms with Crippen LogP contribution in [-0.4, -0.2) is 21.8 Å². The maximum Gasteiger partial charge on any atom is 0.0522 e. The summed E-state index contributed by atoms with van der Waals surface area (Å²) in [6.07, 6.45) is 9.88. The number of rotatable bonds is 6. The zero-order valence-corrected chi connectivity index (χ0v) is 11.9. The minimum atomic E-state index is 0.312. The molecule has 2 heterocycles. The van der Waals surface area contributed by atoms with Gasteiger partial charge in [0.05, 0.1) is 6.20 Å². The van der Waals surface area contributed by atoms with E-state index in [1.54, 1.807) is 0 Å². The van der Waals surface area contributed by atoms with E-state index < -0.39 is 0 Å². The molecule has 0 spiro atoms. The van der Waals surface area contributed by atoms with Crippen molar-refractivity contribution >= 4 is 0 Å². The molecule has 0 aliphatic heterocycles. The predicted molar refractivity (Wildman–Crippen MR) is 77.0 cm³/mol. The Morgan fingerprint density at radius 3 is 2.79 bits per heavy atom. The van der Waals surface area contributed by atoms with Crippen molar-refractivity contribution in [3.05, 3.63) is 47.5 Å². The van der Waals surface area contributed by atoms with E-state index in [9.17, 15) is 0 Å². The van der Waals surface area contributed by atoms with Crippen molar-refractivity contribution in [2.24, 2.45) is 0 Å². The summed E-state index contributed by atoms with van der Waals surface area (Å²) in [6.45, 7) is 5.19. The lowest BCUT2D eigenvalue weighted by Gasteiger charge is -2.18. The molecule has 2 rings (SSSR count). The summed E-state index contributed by atoms with van der Waals surface area (Å²) in [5, 5.41) is 7.74. The molecule has 0 radical (unpaired) electrons. The van der Waals surface area contributed by atoms with Crippen LogP contribution in [0.25, 0.3) is 0 Å². The Hall–Kier alpha value is -1.68. The molecular weight excluding hydrogens is 236 g/mol. The molecule has 19 heavy (non-hydrogen) atoms. The van der Waals surface area contributed by atoms with E-state index in [-0.39, 0.29) is 0 Å². The van der Waals surface area contributed by atoms with Crippen molar-refractivity contribution in [3.63, 3.8) is 0 Å². The Kier molecular flexibility index (Phi) is 4.68. The SMILES string of the molecule is CCc1cnccc1C(Cc1cnn(CC)c1)NC. The smallest absolute Gasteiger partial charge is 0.0522 e. The fourth-order valence-electron chi connectivity index (χ4n) is 2.36. The zero-order chi connectivity index (χ0) is 13.7. The molecule has 0 amide bonds. The van der Waals surface area contributed by atoms with Gasteiger partial charge in [-0.3, -0.25) is 9.67 Å². The van der Waals surface area contributed by atoms with E-state index in [0.717, 1.165) is 19.4 Å². The van der Waals surface area contributed by atoms with Gasteiger partial charge in [0.2, 0.25) is 0 Å². The van der Waals surface area contributed by atoms with Crippen LogP contribution < -0.4 is 5.32 Å². The summed E-state index contributed by atoms with van der Waals surface area (Å²) < 4.78 is 1.97. The minimum absolute atomic E-state index is 0.312. The van der Waals surface area contributed by atoms with Gasteiger partial charge in [-0.25, -0.2) is 0 Å². The molecular formula is C15H22N4. The number of pyridine rings is 1. The summed E-state index contributed by atoms with van der Waals surface area (Å²) in [5.74, 6) is 0. The fraction of sp³-hybridized carbons (Fsp3) is 0.467. The lowest BCUT2D eigenvalue weighted by molar-refractivity contribution is 0.584. The summed E-state index contributed by atoms with van der Waals surface area (Å²) in [7, 11) is 2.01. The maximum atomic E-state index is 4.33. The standard InChI is InChI=1S/C15H22N4/c1-4-13-10-17-7-6-14(13)15(16-3)8-12-9-18-19(5-2)11-12/h6-7,9-11,15-16H,4-5,8H2,1-3H3. The van der Waals surface area contributed by atoms with Crippen molar-refractivity contribution in [2.75, 3.05) is 7.05 Å². The maximum absolute atomic E-state index is 4.33. The molecule has 0 aliphatic carbocycles. The van der Waals surface area contributed by atoms with Crippen LogP contribution in [-0.2, 0) is 19.4 Å². The Labute approximate surface area is 114 Å². The molecule has 0 aromatic carbocycles. The number of aryl methyl sites for hydroxylation is 2. The van der Waals surface area contributed by atoms with E-state index in [0.29, 0.717) is 6.04 Å². The fourth-order valence-corrected chi connectivity index (χ4v) is 2.36. The molecule has 0 saturated heterocycles. The molecule has 0 aliphatic rings. The first-order valence-electron chi connectivity index (χ1n) is 6.89. The van der Waals surface area contributed by atoms with Crippen molar-refractivity contribution in [1.82, 2.24) is 20.1 Å². The summed E-state index contributed by atoms with van der Waals surface area (Å²) in [4.78, 5) is 4.21. The van der Waals surface area contributed by atoms with Gasteiger partial charge in [0, 0.05) is 31.2 Å². The number of hydrogen-bond acceptors (Lipinski definition) is 3. The number of hydrogen-bond donors (Lipinski definition) is 1. The lowest BCUT2D eigenvalue weighted by Crippen LogP contribution is -2.20. The van der Waals surface area contributed by atoms with Crippen LogP contribution in [0, 0.1) is 0 Å². The van der Waals surface area contributed by atoms with Crippen molar-refractivity contribution in [2.45, 2.75) is 39.3 Å². The summed E-state index contributed by atoms with van der Waals surface area (Å²) >= 11 is 0. The molecule has 102 valence electrons. The first-order valence-corrected chi connectivity index (χ1v) is 6.89. The van der Waals surface area contributed by atoms with Gasteiger partial charge in [0.15, 0.2) is 0 Å². The molecule has 1 N–H and O–H groups in total. The zero-order valence-electron chi connectivity index (χ0n) is 11.9. The van der Waals surface area contributed by atoms with Gasteiger partial charge in [-0.1, -0.05) is 6.92 Å². The number of nitrogens with zero attached hydrogens (tertiary/aromatic N) is 3. The molecule has 0 fully saturated rings. The van der Waals surface area contributed by atoms with Crippen LogP contribution >= 0.6 is 0 Å². The third kappa shape index (κ3) is 3.20. The van der Waals surface area contributed by atoms with Crippen LogP contribution in [0.2, 0.25) is 0 Å². The number of nitrogens with one attached hydrogen (secondary N) is 1. The highest BCUT2D eigenvalue weighted by atomic mass is 15.3. The van der Waals surface area contributed by atoms with Gasteiger partial charge >= 0.3 is 0 Å². The molecule has 2 aromatic heterocycles. The Morgan fingerprint density at radius 2 is 2.16 bits per heavy atom. The Balaban J connectivity index is 2.19. The highest BCUT2D eigenvalue weighted by Gasteiger charge is 2.14. The molecule has 1 atom stereocenters. The summed E-state index contributed by atoms with van der Waals surface area (Å²) in [6, 6.07) is 2.43. The molecule has 4 heteroatoms. The quantitative estimate of drug-likeness (QED) is 0.865. The van der Waals surface area contributed by atoms with Crippen molar-refractivity contribution < 1.29 is 0 Å². The van der Waals surface area contributed by atoms with Gasteiger partial charge in [-0.05, 0) is 49.6 Å². The molecule has 0 saturated carbocycles. The molecule has 1 unspecified atom stereocenters. The monoisotopic (exact) mass is 258 g/mol. The second-order valence-corrected chi connectivity index (χ2v) is 4.68. The highest BCUT2D eigenvalue weighted by Crippen LogP contribution is 2.21. The minimum Gasteiger partial charge on any atom is -0.313 e. The third-order valence-corrected chi connectivity index (χ3v) is 3.50. The topological polar surface area (TPSA) is 42.7 Å². The third-order valence-electron chi connectivity index (χ3n) is 3.50. The lowest BCUT2D eigenvalue weighted by atomic mass is 9.96. The number of likely N-dealkylation sites (N-methyl/N-ethyl adjacent to an activating group) is 1. The van der Waals surface area contributed by atoms with E-state index in [1.165, 1.54) is 16.7 Å². The first kappa shape index (κ1) is 13.7. The molecule has 4 nitrogen and oxygen atoms in total. The first-order chi connectivity index (χ1) is 9.28. The van der Waals surface area contributed by atoms with Gasteiger partial charge in [-0.15, -0.1) is 0 Å². The van der Waals surface area contributed by atoms with E-state index in [2.05, 4.69) is 41.5 Å². The normalized spacial score (nSPS) is 12.6. The number of aromatic nitrogens is 3. The Bertz CT molecular complexity index is 518. The highest BCUT2D eigenvalue weighted by molar-refractivity contribution is 5.28. The van der Waals surface area contributed by atoms with Gasteiger partial charge in [0.1, 0.15) is 0 Å². The van der Waals surface area contributed by atoms with Crippen LogP contribution in [0.1, 0.15) is 36.6 Å². The average Bonchev–Trinajstić information content (AvgIpc) is 2.92. The molecule has 2 aromatic rings. The summed E-state index contributed by atoms with van der Waals surface area (Å²) in [5.41, 5.74) is 3.91. The van der Waals surface area contributed by atoms with Gasteiger partial charge in [0.25, 0.3) is 0 Å². The van der Waals surface area contributed by atoms with E-state index >= 15 is 0 Å². The van der Waals surface area contributed by atoms with Crippen LogP contribution in [0.5, 0.6) is 0 Å². The largest absolute Gasteiger partial charge is 0.313 e. The van der Waals surface area contributed by atoms with Gasteiger partial charge < -0.3 is 5.32 Å². The van der Waals surface area contributed by atoms with Crippen molar-refractivity contribution in [1.29, 1.82) is 0 Å². The van der Waals surface area contributed by atoms with Crippen LogP contribution in [0.3, 0.4) is 0 Å². The average molecular weight is 258 g/mol. The predicted octanol–water partition coefficient (Wildman–Crippen LogP) is 2.36.